The molecule has 0 aliphatic heterocycles. The molecule has 1 unspecified atom stereocenters. The number of sulfone groups is 1. The standard InChI is InChI=1S/C18H17ClNO2S/c1-3-14(12-7-9-13(10-8-12)23(2,21)22)15-11-20-17-6-4-5-16(19)18(15)17/h4-11,14,20H,1,3H2,2H3. The number of halogens is 1. The summed E-state index contributed by atoms with van der Waals surface area (Å²) in [6, 6.07) is 12.7. The molecule has 3 aromatic rings. The van der Waals surface area contributed by atoms with E-state index in [1.807, 2.05) is 36.5 Å². The summed E-state index contributed by atoms with van der Waals surface area (Å²) >= 11 is 6.36. The zero-order valence-electron chi connectivity index (χ0n) is 12.7. The SMILES string of the molecule is [CH2]CC(c1ccc(S(C)(=O)=O)cc1)c1c[nH]c2cccc(Cl)c12. The second-order valence-corrected chi connectivity index (χ2v) is 8.01. The largest absolute Gasteiger partial charge is 0.361 e. The van der Waals surface area contributed by atoms with Crippen molar-refractivity contribution in [3.8, 4) is 0 Å². The van der Waals surface area contributed by atoms with E-state index in [-0.39, 0.29) is 5.92 Å². The number of hydrogen-bond donors (Lipinski definition) is 1. The summed E-state index contributed by atoms with van der Waals surface area (Å²) in [6.45, 7) is 4.05. The average Bonchev–Trinajstić information content (AvgIpc) is 2.93. The fraction of sp³-hybridized carbons (Fsp3) is 0.167. The van der Waals surface area contributed by atoms with Gasteiger partial charge in [0.25, 0.3) is 0 Å². The third-order valence-corrected chi connectivity index (χ3v) is 5.50. The molecule has 5 heteroatoms. The maximum atomic E-state index is 11.6. The molecule has 23 heavy (non-hydrogen) atoms. The van der Waals surface area contributed by atoms with Crippen molar-refractivity contribution < 1.29 is 8.42 Å². The first-order chi connectivity index (χ1) is 10.9. The monoisotopic (exact) mass is 346 g/mol. The zero-order chi connectivity index (χ0) is 16.6. The van der Waals surface area contributed by atoms with Crippen LogP contribution in [0.5, 0.6) is 0 Å². The van der Waals surface area contributed by atoms with Gasteiger partial charge in [0.1, 0.15) is 0 Å². The highest BCUT2D eigenvalue weighted by Gasteiger charge is 2.18. The smallest absolute Gasteiger partial charge is 0.175 e. The minimum absolute atomic E-state index is 0.0530. The summed E-state index contributed by atoms with van der Waals surface area (Å²) in [4.78, 5) is 3.56. The van der Waals surface area contributed by atoms with Gasteiger partial charge in [-0.25, -0.2) is 8.42 Å². The number of rotatable bonds is 4. The Bertz CT molecular complexity index is 943. The van der Waals surface area contributed by atoms with E-state index in [0.717, 1.165) is 22.0 Å². The van der Waals surface area contributed by atoms with Crippen molar-refractivity contribution >= 4 is 32.3 Å². The van der Waals surface area contributed by atoms with Crippen LogP contribution in [-0.4, -0.2) is 19.7 Å². The molecule has 3 nitrogen and oxygen atoms in total. The highest BCUT2D eigenvalue weighted by molar-refractivity contribution is 7.90. The first-order valence-electron chi connectivity index (χ1n) is 7.26. The molecule has 0 bridgehead atoms. The topological polar surface area (TPSA) is 49.9 Å². The van der Waals surface area contributed by atoms with Crippen LogP contribution in [0.1, 0.15) is 23.5 Å². The predicted molar refractivity (Wildman–Crippen MR) is 94.7 cm³/mol. The van der Waals surface area contributed by atoms with Crippen LogP contribution < -0.4 is 0 Å². The summed E-state index contributed by atoms with van der Waals surface area (Å²) in [6.07, 6.45) is 3.81. The molecule has 1 heterocycles. The van der Waals surface area contributed by atoms with Gasteiger partial charge in [0.15, 0.2) is 9.84 Å². The molecule has 0 aliphatic rings. The number of fused-ring (bicyclic) bond motifs is 1. The molecule has 0 amide bonds. The number of aromatic nitrogens is 1. The van der Waals surface area contributed by atoms with Gasteiger partial charge in [0.05, 0.1) is 9.92 Å². The second-order valence-electron chi connectivity index (χ2n) is 5.59. The lowest BCUT2D eigenvalue weighted by atomic mass is 9.89. The number of aromatic amines is 1. The summed E-state index contributed by atoms with van der Waals surface area (Å²) < 4.78 is 23.2. The van der Waals surface area contributed by atoms with E-state index >= 15 is 0 Å². The van der Waals surface area contributed by atoms with Crippen LogP contribution in [0.2, 0.25) is 5.02 Å². The minimum Gasteiger partial charge on any atom is -0.361 e. The van der Waals surface area contributed by atoms with Crippen LogP contribution in [0.3, 0.4) is 0 Å². The Morgan fingerprint density at radius 2 is 1.87 bits per heavy atom. The molecule has 1 N–H and O–H groups in total. The molecule has 0 spiro atoms. The molecule has 1 aromatic heterocycles. The van der Waals surface area contributed by atoms with Crippen molar-refractivity contribution in [1.82, 2.24) is 4.98 Å². The fourth-order valence-corrected chi connectivity index (χ4v) is 3.80. The van der Waals surface area contributed by atoms with Crippen molar-refractivity contribution in [3.63, 3.8) is 0 Å². The first-order valence-corrected chi connectivity index (χ1v) is 9.53. The molecule has 0 fully saturated rings. The third kappa shape index (κ3) is 3.01. The number of benzene rings is 2. The van der Waals surface area contributed by atoms with Gasteiger partial charge < -0.3 is 4.98 Å². The Labute approximate surface area is 141 Å². The maximum absolute atomic E-state index is 11.6. The lowest BCUT2D eigenvalue weighted by Gasteiger charge is -2.16. The maximum Gasteiger partial charge on any atom is 0.175 e. The minimum atomic E-state index is -3.19. The molecular weight excluding hydrogens is 330 g/mol. The van der Waals surface area contributed by atoms with Gasteiger partial charge in [-0.15, -0.1) is 0 Å². The Hall–Kier alpha value is -1.78. The molecular formula is C18H17ClNO2S. The van der Waals surface area contributed by atoms with Crippen LogP contribution in [-0.2, 0) is 9.84 Å². The van der Waals surface area contributed by atoms with Gasteiger partial charge in [-0.3, -0.25) is 0 Å². The summed E-state index contributed by atoms with van der Waals surface area (Å²) in [5, 5.41) is 1.69. The Morgan fingerprint density at radius 3 is 2.48 bits per heavy atom. The molecule has 2 aromatic carbocycles. The molecule has 119 valence electrons. The first kappa shape index (κ1) is 16.1. The lowest BCUT2D eigenvalue weighted by Crippen LogP contribution is -2.01. The highest BCUT2D eigenvalue weighted by atomic mass is 35.5. The summed E-state index contributed by atoms with van der Waals surface area (Å²) in [5.41, 5.74) is 3.08. The van der Waals surface area contributed by atoms with Crippen LogP contribution in [0.4, 0.5) is 0 Å². The van der Waals surface area contributed by atoms with Crippen LogP contribution in [0.25, 0.3) is 10.9 Å². The molecule has 0 saturated heterocycles. The normalized spacial score (nSPS) is 13.3. The van der Waals surface area contributed by atoms with Gasteiger partial charge in [0.2, 0.25) is 0 Å². The van der Waals surface area contributed by atoms with Gasteiger partial charge >= 0.3 is 0 Å². The van der Waals surface area contributed by atoms with Crippen molar-refractivity contribution in [2.24, 2.45) is 0 Å². The predicted octanol–water partition coefficient (Wildman–Crippen LogP) is 4.58. The second kappa shape index (κ2) is 6.02. The van der Waals surface area contributed by atoms with E-state index in [9.17, 15) is 8.42 Å². The molecule has 3 rings (SSSR count). The van der Waals surface area contributed by atoms with Gasteiger partial charge in [0, 0.05) is 29.3 Å². The van der Waals surface area contributed by atoms with Crippen molar-refractivity contribution in [3.05, 3.63) is 71.7 Å². The van der Waals surface area contributed by atoms with E-state index in [4.69, 9.17) is 11.6 Å². The average molecular weight is 347 g/mol. The highest BCUT2D eigenvalue weighted by Crippen LogP contribution is 2.36. The third-order valence-electron chi connectivity index (χ3n) is 4.06. The summed E-state index contributed by atoms with van der Waals surface area (Å²) in [5.74, 6) is 0.0530. The van der Waals surface area contributed by atoms with E-state index in [1.165, 1.54) is 6.26 Å². The molecule has 0 aliphatic carbocycles. The quantitative estimate of drug-likeness (QED) is 0.751. The Balaban J connectivity index is 2.09. The van der Waals surface area contributed by atoms with E-state index in [0.29, 0.717) is 16.3 Å². The van der Waals surface area contributed by atoms with Crippen molar-refractivity contribution in [2.75, 3.05) is 6.26 Å². The van der Waals surface area contributed by atoms with Gasteiger partial charge in [-0.2, -0.15) is 0 Å². The fourth-order valence-electron chi connectivity index (χ4n) is 2.89. The lowest BCUT2D eigenvalue weighted by molar-refractivity contribution is 0.602. The molecule has 1 atom stereocenters. The van der Waals surface area contributed by atoms with Gasteiger partial charge in [-0.05, 0) is 41.8 Å². The Kier molecular flexibility index (Phi) is 4.21. The van der Waals surface area contributed by atoms with Gasteiger partial charge in [-0.1, -0.05) is 36.7 Å². The number of nitrogens with one attached hydrogen (secondary N) is 1. The van der Waals surface area contributed by atoms with E-state index in [1.54, 1.807) is 12.1 Å². The zero-order valence-corrected chi connectivity index (χ0v) is 14.3. The van der Waals surface area contributed by atoms with Crippen molar-refractivity contribution in [1.29, 1.82) is 0 Å². The Morgan fingerprint density at radius 1 is 1.17 bits per heavy atom. The van der Waals surface area contributed by atoms with Crippen molar-refractivity contribution in [2.45, 2.75) is 17.2 Å². The number of H-pyrrole nitrogens is 1. The van der Waals surface area contributed by atoms with E-state index in [2.05, 4.69) is 11.9 Å². The molecule has 1 radical (unpaired) electrons. The summed E-state index contributed by atoms with van der Waals surface area (Å²) in [7, 11) is -3.19. The van der Waals surface area contributed by atoms with Crippen LogP contribution in [0, 0.1) is 6.92 Å². The van der Waals surface area contributed by atoms with Crippen LogP contribution >= 0.6 is 11.6 Å². The number of hydrogen-bond acceptors (Lipinski definition) is 2. The molecule has 0 saturated carbocycles. The van der Waals surface area contributed by atoms with E-state index < -0.39 is 9.84 Å². The van der Waals surface area contributed by atoms with Crippen LogP contribution in [0.15, 0.2) is 53.6 Å².